The van der Waals surface area contributed by atoms with Crippen LogP contribution < -0.4 is 4.90 Å². The summed E-state index contributed by atoms with van der Waals surface area (Å²) in [5, 5.41) is 8.81. The summed E-state index contributed by atoms with van der Waals surface area (Å²) in [5.74, 6) is -1.43. The van der Waals surface area contributed by atoms with E-state index in [0.29, 0.717) is 20.9 Å². The second-order valence-electron chi connectivity index (χ2n) is 6.38. The molecular weight excluding hydrogens is 425 g/mol. The maximum Gasteiger partial charge on any atom is 0.416 e. The molecule has 0 saturated heterocycles. The van der Waals surface area contributed by atoms with E-state index in [2.05, 4.69) is 4.98 Å². The number of anilines is 1. The Labute approximate surface area is 171 Å². The van der Waals surface area contributed by atoms with Crippen molar-refractivity contribution >= 4 is 50.9 Å². The molecular formula is C19H13F3N2O3S2. The van der Waals surface area contributed by atoms with E-state index in [1.54, 1.807) is 18.2 Å². The fraction of sp³-hybridized carbons (Fsp3) is 0.211. The Morgan fingerprint density at radius 1 is 1.21 bits per heavy atom. The van der Waals surface area contributed by atoms with Crippen LogP contribution in [0.1, 0.15) is 17.0 Å². The average Bonchev–Trinajstić information content (AvgIpc) is 3.05. The third-order valence-corrected chi connectivity index (χ3v) is 6.64. The third-order valence-electron chi connectivity index (χ3n) is 4.38. The minimum atomic E-state index is -4.44. The summed E-state index contributed by atoms with van der Waals surface area (Å²) in [4.78, 5) is 30.6. The van der Waals surface area contributed by atoms with E-state index in [4.69, 9.17) is 5.11 Å². The minimum Gasteiger partial charge on any atom is -0.481 e. The molecule has 4 rings (SSSR count). The lowest BCUT2D eigenvalue weighted by Gasteiger charge is -2.32. The van der Waals surface area contributed by atoms with E-state index >= 15 is 0 Å². The number of aromatic nitrogens is 1. The van der Waals surface area contributed by atoms with Gasteiger partial charge in [0.1, 0.15) is 5.01 Å². The zero-order valence-electron chi connectivity index (χ0n) is 14.6. The number of para-hydroxylation sites is 1. The number of thiazole rings is 1. The quantitative estimate of drug-likeness (QED) is 0.634. The summed E-state index contributed by atoms with van der Waals surface area (Å²) in [7, 11) is 0. The lowest BCUT2D eigenvalue weighted by Crippen LogP contribution is -2.41. The highest BCUT2D eigenvalue weighted by Gasteiger charge is 2.35. The highest BCUT2D eigenvalue weighted by Crippen LogP contribution is 2.41. The van der Waals surface area contributed by atoms with Crippen LogP contribution >= 0.6 is 23.1 Å². The van der Waals surface area contributed by atoms with Gasteiger partial charge in [-0.05, 0) is 30.3 Å². The van der Waals surface area contributed by atoms with Crippen molar-refractivity contribution < 1.29 is 27.9 Å². The van der Waals surface area contributed by atoms with Crippen molar-refractivity contribution in [2.24, 2.45) is 0 Å². The molecule has 1 N–H and O–H groups in total. The van der Waals surface area contributed by atoms with E-state index in [1.165, 1.54) is 22.7 Å². The number of carboxylic acid groups (broad SMARTS) is 1. The fourth-order valence-electron chi connectivity index (χ4n) is 3.08. The number of alkyl halides is 3. The molecule has 1 aliphatic rings. The number of hydrogen-bond acceptors (Lipinski definition) is 5. The van der Waals surface area contributed by atoms with Crippen LogP contribution in [0, 0.1) is 0 Å². The molecule has 2 aromatic carbocycles. The largest absolute Gasteiger partial charge is 0.481 e. The minimum absolute atomic E-state index is 0.0627. The first-order valence-electron chi connectivity index (χ1n) is 8.48. The number of fused-ring (bicyclic) bond motifs is 2. The van der Waals surface area contributed by atoms with Crippen LogP contribution in [0.4, 0.5) is 18.9 Å². The Bertz CT molecular complexity index is 1110. The average molecular weight is 438 g/mol. The van der Waals surface area contributed by atoms with Gasteiger partial charge < -0.3 is 10.0 Å². The summed E-state index contributed by atoms with van der Waals surface area (Å²) in [6, 6.07) is 10.5. The van der Waals surface area contributed by atoms with Gasteiger partial charge in [0.05, 0.1) is 39.7 Å². The molecule has 1 aliphatic heterocycles. The van der Waals surface area contributed by atoms with Crippen LogP contribution in [-0.4, -0.2) is 27.2 Å². The summed E-state index contributed by atoms with van der Waals surface area (Å²) >= 11 is 2.29. The number of halogens is 3. The molecule has 0 aliphatic carbocycles. The number of rotatable bonds is 4. The van der Waals surface area contributed by atoms with Crippen LogP contribution in [-0.2, 0) is 22.3 Å². The molecule has 0 fully saturated rings. The molecule has 1 unspecified atom stereocenters. The predicted octanol–water partition coefficient (Wildman–Crippen LogP) is 4.80. The Morgan fingerprint density at radius 3 is 2.69 bits per heavy atom. The molecule has 1 amide bonds. The van der Waals surface area contributed by atoms with E-state index in [9.17, 15) is 22.8 Å². The van der Waals surface area contributed by atoms with Crippen molar-refractivity contribution in [3.05, 3.63) is 53.0 Å². The standard InChI is InChI=1S/C19H13F3N2O3S2/c20-19(21,22)10-5-6-11-14(7-10)29-16(23-11)9-24-12-3-1-2-4-13(12)28-15(18(24)27)8-17(25)26/h1-7,15H,8-9H2,(H,25,26). The van der Waals surface area contributed by atoms with Gasteiger partial charge in [-0.25, -0.2) is 4.98 Å². The predicted molar refractivity (Wildman–Crippen MR) is 104 cm³/mol. The summed E-state index contributed by atoms with van der Waals surface area (Å²) in [6.45, 7) is 0.0627. The molecule has 10 heteroatoms. The van der Waals surface area contributed by atoms with Crippen molar-refractivity contribution in [1.29, 1.82) is 0 Å². The maximum absolute atomic E-state index is 12.9. The number of carbonyl (C=O) groups excluding carboxylic acids is 1. The van der Waals surface area contributed by atoms with E-state index < -0.39 is 23.0 Å². The van der Waals surface area contributed by atoms with Gasteiger partial charge in [0.15, 0.2) is 0 Å². The number of nitrogens with zero attached hydrogens (tertiary/aromatic N) is 2. The molecule has 0 saturated carbocycles. The molecule has 2 heterocycles. The smallest absolute Gasteiger partial charge is 0.416 e. The molecule has 150 valence electrons. The van der Waals surface area contributed by atoms with E-state index in [0.717, 1.165) is 28.4 Å². The molecule has 5 nitrogen and oxygen atoms in total. The monoisotopic (exact) mass is 438 g/mol. The number of hydrogen-bond donors (Lipinski definition) is 1. The van der Waals surface area contributed by atoms with Crippen molar-refractivity contribution in [1.82, 2.24) is 4.98 Å². The topological polar surface area (TPSA) is 70.5 Å². The van der Waals surface area contributed by atoms with Crippen molar-refractivity contribution in [2.75, 3.05) is 4.90 Å². The van der Waals surface area contributed by atoms with Gasteiger partial charge in [0, 0.05) is 4.90 Å². The molecule has 0 spiro atoms. The van der Waals surface area contributed by atoms with Crippen molar-refractivity contribution in [3.63, 3.8) is 0 Å². The number of thioether (sulfide) groups is 1. The first-order valence-corrected chi connectivity index (χ1v) is 10.2. The van der Waals surface area contributed by atoms with Gasteiger partial charge >= 0.3 is 12.1 Å². The number of carbonyl (C=O) groups is 2. The fourth-order valence-corrected chi connectivity index (χ4v) is 5.29. The highest BCUT2D eigenvalue weighted by molar-refractivity contribution is 8.01. The Kier molecular flexibility index (Phi) is 4.99. The molecule has 3 aromatic rings. The summed E-state index contributed by atoms with van der Waals surface area (Å²) in [5.41, 5.74) is 0.309. The van der Waals surface area contributed by atoms with Crippen LogP contribution in [0.25, 0.3) is 10.2 Å². The van der Waals surface area contributed by atoms with Gasteiger partial charge in [0.25, 0.3) is 0 Å². The van der Waals surface area contributed by atoms with Gasteiger partial charge in [-0.1, -0.05) is 12.1 Å². The van der Waals surface area contributed by atoms with Gasteiger partial charge in [0.2, 0.25) is 5.91 Å². The van der Waals surface area contributed by atoms with Gasteiger partial charge in [-0.2, -0.15) is 13.2 Å². The Balaban J connectivity index is 1.68. The van der Waals surface area contributed by atoms with Crippen molar-refractivity contribution in [2.45, 2.75) is 29.3 Å². The zero-order chi connectivity index (χ0) is 20.8. The summed E-state index contributed by atoms with van der Waals surface area (Å²) in [6.07, 6.45) is -4.76. The van der Waals surface area contributed by atoms with Crippen LogP contribution in [0.3, 0.4) is 0 Å². The van der Waals surface area contributed by atoms with Crippen LogP contribution in [0.15, 0.2) is 47.4 Å². The van der Waals surface area contributed by atoms with E-state index in [-0.39, 0.29) is 18.9 Å². The van der Waals surface area contributed by atoms with Crippen molar-refractivity contribution in [3.8, 4) is 0 Å². The number of benzene rings is 2. The first-order chi connectivity index (χ1) is 13.7. The van der Waals surface area contributed by atoms with Crippen LogP contribution in [0.2, 0.25) is 0 Å². The molecule has 1 atom stereocenters. The molecule has 0 radical (unpaired) electrons. The van der Waals surface area contributed by atoms with E-state index in [1.807, 2.05) is 6.07 Å². The Morgan fingerprint density at radius 2 is 1.97 bits per heavy atom. The van der Waals surface area contributed by atoms with Crippen LogP contribution in [0.5, 0.6) is 0 Å². The Hall–Kier alpha value is -2.59. The SMILES string of the molecule is O=C(O)CC1Sc2ccccc2N(Cc2nc3ccc(C(F)(F)F)cc3s2)C1=O. The molecule has 0 bridgehead atoms. The summed E-state index contributed by atoms with van der Waals surface area (Å²) < 4.78 is 39.2. The molecule has 29 heavy (non-hydrogen) atoms. The second kappa shape index (κ2) is 7.34. The third kappa shape index (κ3) is 3.95. The zero-order valence-corrected chi connectivity index (χ0v) is 16.3. The lowest BCUT2D eigenvalue weighted by molar-refractivity contribution is -0.138. The molecule has 1 aromatic heterocycles. The number of amides is 1. The number of carboxylic acids is 1. The van der Waals surface area contributed by atoms with Gasteiger partial charge in [-0.3, -0.25) is 9.59 Å². The normalized spacial score (nSPS) is 16.9. The first kappa shape index (κ1) is 19.7. The lowest BCUT2D eigenvalue weighted by atomic mass is 10.2. The highest BCUT2D eigenvalue weighted by atomic mass is 32.2. The van der Waals surface area contributed by atoms with Gasteiger partial charge in [-0.15, -0.1) is 23.1 Å². The maximum atomic E-state index is 12.9. The number of aliphatic carboxylic acids is 1. The second-order valence-corrected chi connectivity index (χ2v) is 8.74.